The lowest BCUT2D eigenvalue weighted by Gasteiger charge is -2.07. The maximum Gasteiger partial charge on any atom is 0.411 e. The van der Waals surface area contributed by atoms with Crippen molar-refractivity contribution in [3.8, 4) is 23.2 Å². The lowest BCUT2D eigenvalue weighted by molar-refractivity contribution is -0.176. The predicted molar refractivity (Wildman–Crippen MR) is 106 cm³/mol. The van der Waals surface area contributed by atoms with Gasteiger partial charge < -0.3 is 20.3 Å². The highest BCUT2D eigenvalue weighted by molar-refractivity contribution is 5.57. The van der Waals surface area contributed by atoms with Crippen molar-refractivity contribution in [1.29, 1.82) is 0 Å². The Labute approximate surface area is 178 Å². The Balaban J connectivity index is 1.48. The van der Waals surface area contributed by atoms with E-state index in [-0.39, 0.29) is 36.0 Å². The molecule has 0 atom stereocenters. The second-order valence-corrected chi connectivity index (χ2v) is 6.41. The summed E-state index contributed by atoms with van der Waals surface area (Å²) in [4.78, 5) is 20.6. The van der Waals surface area contributed by atoms with Gasteiger partial charge in [-0.2, -0.15) is 33.1 Å². The van der Waals surface area contributed by atoms with Gasteiger partial charge in [-0.3, -0.25) is 4.98 Å². The molecule has 10 nitrogen and oxygen atoms in total. The van der Waals surface area contributed by atoms with Crippen molar-refractivity contribution in [1.82, 2.24) is 30.1 Å². The Bertz CT molecular complexity index is 1180. The largest absolute Gasteiger partial charge is 0.411 e. The molecule has 0 radical (unpaired) electrons. The average molecular weight is 444 g/mol. The lowest BCUT2D eigenvalue weighted by atomic mass is 10.2. The number of pyridine rings is 1. The van der Waals surface area contributed by atoms with E-state index in [2.05, 4.69) is 40.1 Å². The number of ether oxygens (including phenoxy) is 1. The molecule has 32 heavy (non-hydrogen) atoms. The second-order valence-electron chi connectivity index (χ2n) is 6.41. The van der Waals surface area contributed by atoms with Gasteiger partial charge in [-0.05, 0) is 23.8 Å². The van der Waals surface area contributed by atoms with Crippen molar-refractivity contribution in [3.05, 3.63) is 54.2 Å². The zero-order valence-corrected chi connectivity index (χ0v) is 16.2. The van der Waals surface area contributed by atoms with E-state index in [1.807, 2.05) is 30.3 Å². The van der Waals surface area contributed by atoms with E-state index < -0.39 is 12.8 Å². The highest BCUT2D eigenvalue weighted by Gasteiger charge is 2.27. The normalized spacial score (nSPS) is 11.5. The fraction of sp³-hybridized carbons (Fsp3) is 0.158. The van der Waals surface area contributed by atoms with E-state index >= 15 is 0 Å². The molecule has 13 heteroatoms. The van der Waals surface area contributed by atoms with Crippen LogP contribution < -0.4 is 11.1 Å². The first kappa shape index (κ1) is 21.1. The smallest absolute Gasteiger partial charge is 0.368 e. The summed E-state index contributed by atoms with van der Waals surface area (Å²) < 4.78 is 46.3. The summed E-state index contributed by atoms with van der Waals surface area (Å²) in [6.07, 6.45) is -3.03. The van der Waals surface area contributed by atoms with Crippen molar-refractivity contribution in [2.75, 3.05) is 17.7 Å². The SMILES string of the molecule is Nc1nc(Nc2ccccc2)nc(-c2noc(-c3ccc(COCC(F)(F)F)cn3)n2)n1. The molecular formula is C19H15F3N8O2. The van der Waals surface area contributed by atoms with Crippen molar-refractivity contribution < 1.29 is 22.4 Å². The lowest BCUT2D eigenvalue weighted by Crippen LogP contribution is -2.16. The molecule has 3 aromatic heterocycles. The van der Waals surface area contributed by atoms with Gasteiger partial charge >= 0.3 is 6.18 Å². The molecule has 4 aromatic rings. The molecule has 0 amide bonds. The fourth-order valence-corrected chi connectivity index (χ4v) is 2.54. The standard InChI is InChI=1S/C19H15F3N8O2/c20-19(21,22)10-31-9-11-6-7-13(24-8-11)16-26-15(30-32-16)14-27-17(23)29-18(28-14)25-12-4-2-1-3-5-12/h1-8H,9-10H2,(H3,23,25,27,28,29). The topological polar surface area (TPSA) is 138 Å². The molecule has 3 heterocycles. The van der Waals surface area contributed by atoms with Gasteiger partial charge in [0.25, 0.3) is 5.89 Å². The Kier molecular flexibility index (Phi) is 5.89. The third-order valence-corrected chi connectivity index (χ3v) is 3.89. The van der Waals surface area contributed by atoms with E-state index in [1.54, 1.807) is 6.07 Å². The van der Waals surface area contributed by atoms with Gasteiger partial charge in [-0.15, -0.1) is 0 Å². The number of hydrogen-bond acceptors (Lipinski definition) is 10. The van der Waals surface area contributed by atoms with E-state index in [9.17, 15) is 13.2 Å². The number of nitrogens with one attached hydrogen (secondary N) is 1. The predicted octanol–water partition coefficient (Wildman–Crippen LogP) is 3.39. The second kappa shape index (κ2) is 8.93. The summed E-state index contributed by atoms with van der Waals surface area (Å²) in [6.45, 7) is -1.57. The molecule has 0 unspecified atom stereocenters. The summed E-state index contributed by atoms with van der Waals surface area (Å²) >= 11 is 0. The molecule has 0 spiro atoms. The molecule has 1 aromatic carbocycles. The Morgan fingerprint density at radius 3 is 2.50 bits per heavy atom. The van der Waals surface area contributed by atoms with Crippen molar-refractivity contribution in [2.45, 2.75) is 12.8 Å². The van der Waals surface area contributed by atoms with Gasteiger partial charge in [0.2, 0.25) is 23.5 Å². The molecule has 3 N–H and O–H groups in total. The van der Waals surface area contributed by atoms with E-state index in [4.69, 9.17) is 10.3 Å². The van der Waals surface area contributed by atoms with E-state index in [1.165, 1.54) is 12.3 Å². The number of nitrogens with two attached hydrogens (primary N) is 1. The minimum absolute atomic E-state index is 0.0406. The van der Waals surface area contributed by atoms with Crippen LogP contribution in [0.5, 0.6) is 0 Å². The Morgan fingerprint density at radius 2 is 1.78 bits per heavy atom. The van der Waals surface area contributed by atoms with Crippen LogP contribution >= 0.6 is 0 Å². The number of halogens is 3. The highest BCUT2D eigenvalue weighted by atomic mass is 19.4. The summed E-state index contributed by atoms with van der Waals surface area (Å²) in [7, 11) is 0. The van der Waals surface area contributed by atoms with Gasteiger partial charge in [0, 0.05) is 11.9 Å². The first-order valence-electron chi connectivity index (χ1n) is 9.13. The number of nitrogens with zero attached hydrogens (tertiary/aromatic N) is 6. The van der Waals surface area contributed by atoms with E-state index in [0.717, 1.165) is 5.69 Å². The Morgan fingerprint density at radius 1 is 0.969 bits per heavy atom. The molecule has 0 fully saturated rings. The maximum absolute atomic E-state index is 12.2. The van der Waals surface area contributed by atoms with Crippen LogP contribution in [0.1, 0.15) is 5.56 Å². The number of nitrogen functional groups attached to an aromatic ring is 1. The van der Waals surface area contributed by atoms with Gasteiger partial charge in [0.05, 0.1) is 6.61 Å². The van der Waals surface area contributed by atoms with Crippen LogP contribution in [0.15, 0.2) is 53.2 Å². The monoisotopic (exact) mass is 444 g/mol. The zero-order valence-electron chi connectivity index (χ0n) is 16.2. The molecule has 4 rings (SSSR count). The summed E-state index contributed by atoms with van der Waals surface area (Å²) in [5.41, 5.74) is 7.29. The molecule has 0 saturated heterocycles. The number of aromatic nitrogens is 6. The van der Waals surface area contributed by atoms with Crippen LogP contribution in [0, 0.1) is 0 Å². The molecular weight excluding hydrogens is 429 g/mol. The quantitative estimate of drug-likeness (QED) is 0.436. The van der Waals surface area contributed by atoms with Gasteiger partial charge in [0.1, 0.15) is 12.3 Å². The number of hydrogen-bond donors (Lipinski definition) is 2. The molecule has 0 aliphatic carbocycles. The first-order chi connectivity index (χ1) is 15.4. The van der Waals surface area contributed by atoms with Crippen LogP contribution in [-0.2, 0) is 11.3 Å². The number of alkyl halides is 3. The third kappa shape index (κ3) is 5.51. The van der Waals surface area contributed by atoms with Crippen LogP contribution in [0.25, 0.3) is 23.2 Å². The maximum atomic E-state index is 12.2. The Hall–Kier alpha value is -4.13. The highest BCUT2D eigenvalue weighted by Crippen LogP contribution is 2.21. The number of rotatable bonds is 7. The van der Waals surface area contributed by atoms with Gasteiger partial charge in [0.15, 0.2) is 0 Å². The zero-order chi connectivity index (χ0) is 22.6. The summed E-state index contributed by atoms with van der Waals surface area (Å²) in [6, 6.07) is 12.3. The van der Waals surface area contributed by atoms with E-state index in [0.29, 0.717) is 11.3 Å². The molecule has 0 saturated carbocycles. The third-order valence-electron chi connectivity index (χ3n) is 3.89. The molecule has 0 aliphatic heterocycles. The van der Waals surface area contributed by atoms with Gasteiger partial charge in [-0.25, -0.2) is 0 Å². The fourth-order valence-electron chi connectivity index (χ4n) is 2.54. The molecule has 164 valence electrons. The van der Waals surface area contributed by atoms with Crippen LogP contribution in [0.4, 0.5) is 30.8 Å². The molecule has 0 bridgehead atoms. The van der Waals surface area contributed by atoms with Crippen molar-refractivity contribution >= 4 is 17.6 Å². The minimum Gasteiger partial charge on any atom is -0.368 e. The first-order valence-corrected chi connectivity index (χ1v) is 9.13. The van der Waals surface area contributed by atoms with Crippen LogP contribution in [0.2, 0.25) is 0 Å². The number of anilines is 3. The van der Waals surface area contributed by atoms with Crippen LogP contribution in [-0.4, -0.2) is 42.9 Å². The number of para-hydroxylation sites is 1. The van der Waals surface area contributed by atoms with Gasteiger partial charge in [-0.1, -0.05) is 29.4 Å². The molecule has 0 aliphatic rings. The van der Waals surface area contributed by atoms with Crippen molar-refractivity contribution in [3.63, 3.8) is 0 Å². The summed E-state index contributed by atoms with van der Waals surface area (Å²) in [5, 5.41) is 6.84. The van der Waals surface area contributed by atoms with Crippen LogP contribution in [0.3, 0.4) is 0 Å². The van der Waals surface area contributed by atoms with Crippen molar-refractivity contribution in [2.24, 2.45) is 0 Å². The number of benzene rings is 1. The minimum atomic E-state index is -4.39. The average Bonchev–Trinajstić information content (AvgIpc) is 3.24. The summed E-state index contributed by atoms with van der Waals surface area (Å²) in [5.74, 6) is 0.375.